The maximum atomic E-state index is 11.4. The number of hydrogen-bond acceptors (Lipinski definition) is 8. The van der Waals surface area contributed by atoms with Crippen molar-refractivity contribution in [3.05, 3.63) is 41.9 Å². The number of aliphatic hydroxyl groups is 1. The summed E-state index contributed by atoms with van der Waals surface area (Å²) < 4.78 is 22.9. The molecule has 1 aliphatic carbocycles. The Hall–Kier alpha value is -2.34. The number of H-pyrrole nitrogens is 1. The molecule has 11 heteroatoms. The average Bonchev–Trinajstić information content (AvgIpc) is 3.14. The molecule has 9 nitrogen and oxygen atoms in total. The Bertz CT molecular complexity index is 1060. The van der Waals surface area contributed by atoms with E-state index in [1.807, 2.05) is 6.07 Å². The highest BCUT2D eigenvalue weighted by atomic mass is 32.2. The van der Waals surface area contributed by atoms with Gasteiger partial charge in [0.2, 0.25) is 10.0 Å². The van der Waals surface area contributed by atoms with Crippen molar-refractivity contribution in [2.75, 3.05) is 5.32 Å². The summed E-state index contributed by atoms with van der Waals surface area (Å²) in [7, 11) is -3.75. The lowest BCUT2D eigenvalue weighted by Gasteiger charge is -2.11. The van der Waals surface area contributed by atoms with Crippen molar-refractivity contribution in [3.8, 4) is 10.7 Å². The molecule has 0 radical (unpaired) electrons. The number of primary sulfonamides is 1. The SMILES string of the molecule is NS(=O)(=O)c1ccc(-c2nccc(CC(O)Nc3cc(C4CC4)[nH]n3)n2)s1. The third kappa shape index (κ3) is 4.33. The summed E-state index contributed by atoms with van der Waals surface area (Å²) in [6, 6.07) is 6.65. The van der Waals surface area contributed by atoms with Gasteiger partial charge in [0.05, 0.1) is 4.88 Å². The predicted molar refractivity (Wildman–Crippen MR) is 101 cm³/mol. The van der Waals surface area contributed by atoms with Crippen molar-refractivity contribution in [3.63, 3.8) is 0 Å². The van der Waals surface area contributed by atoms with Gasteiger partial charge in [0.25, 0.3) is 0 Å². The first-order valence-corrected chi connectivity index (χ1v) is 10.7. The van der Waals surface area contributed by atoms with Crippen LogP contribution in [0.3, 0.4) is 0 Å². The lowest BCUT2D eigenvalue weighted by Crippen LogP contribution is -2.22. The highest BCUT2D eigenvalue weighted by Crippen LogP contribution is 2.39. The molecule has 0 aliphatic heterocycles. The van der Waals surface area contributed by atoms with Crippen molar-refractivity contribution >= 4 is 27.2 Å². The standard InChI is InChI=1S/C16H18N6O3S2/c17-27(24,25)15-4-3-12(26-15)16-18-6-5-10(19-16)7-14(23)20-13-8-11(21-22-13)9-1-2-9/h3-6,8-9,14,23H,1-2,7H2,(H2,17,24,25)(H2,20,21,22). The molecule has 1 aliphatic rings. The quantitative estimate of drug-likeness (QED) is 0.434. The van der Waals surface area contributed by atoms with Gasteiger partial charge in [-0.3, -0.25) is 5.10 Å². The van der Waals surface area contributed by atoms with E-state index in [0.29, 0.717) is 28.1 Å². The molecule has 0 saturated heterocycles. The number of thiophene rings is 1. The van der Waals surface area contributed by atoms with Crippen molar-refractivity contribution in [1.29, 1.82) is 0 Å². The number of hydrogen-bond donors (Lipinski definition) is 4. The maximum absolute atomic E-state index is 11.4. The molecule has 5 N–H and O–H groups in total. The lowest BCUT2D eigenvalue weighted by atomic mass is 10.2. The maximum Gasteiger partial charge on any atom is 0.247 e. The Kier molecular flexibility index (Phi) is 4.68. The largest absolute Gasteiger partial charge is 0.373 e. The molecule has 0 amide bonds. The second-order valence-electron chi connectivity index (χ2n) is 6.38. The van der Waals surface area contributed by atoms with Gasteiger partial charge in [-0.1, -0.05) is 0 Å². The topological polar surface area (TPSA) is 147 Å². The van der Waals surface area contributed by atoms with Crippen molar-refractivity contribution in [2.24, 2.45) is 5.14 Å². The van der Waals surface area contributed by atoms with Crippen LogP contribution in [0.25, 0.3) is 10.7 Å². The number of nitrogens with two attached hydrogens (primary N) is 1. The summed E-state index contributed by atoms with van der Waals surface area (Å²) in [6.45, 7) is 0. The van der Waals surface area contributed by atoms with Gasteiger partial charge in [-0.25, -0.2) is 23.5 Å². The van der Waals surface area contributed by atoms with Crippen LogP contribution < -0.4 is 10.5 Å². The van der Waals surface area contributed by atoms with E-state index in [9.17, 15) is 13.5 Å². The Labute approximate surface area is 159 Å². The van der Waals surface area contributed by atoms with E-state index in [4.69, 9.17) is 5.14 Å². The van der Waals surface area contributed by atoms with Gasteiger partial charge in [0.1, 0.15) is 16.3 Å². The summed E-state index contributed by atoms with van der Waals surface area (Å²) in [5, 5.41) is 25.5. The normalized spacial score (nSPS) is 15.6. The fourth-order valence-corrected chi connectivity index (χ4v) is 4.33. The van der Waals surface area contributed by atoms with Gasteiger partial charge in [-0.2, -0.15) is 5.10 Å². The number of nitrogens with one attached hydrogen (secondary N) is 2. The first-order chi connectivity index (χ1) is 12.9. The molecule has 0 bridgehead atoms. The third-order valence-electron chi connectivity index (χ3n) is 4.13. The van der Waals surface area contributed by atoms with E-state index >= 15 is 0 Å². The molecule has 27 heavy (non-hydrogen) atoms. The summed E-state index contributed by atoms with van der Waals surface area (Å²) >= 11 is 1.00. The molecule has 4 rings (SSSR count). The minimum Gasteiger partial charge on any atom is -0.373 e. The zero-order valence-electron chi connectivity index (χ0n) is 14.2. The molecule has 3 aromatic heterocycles. The van der Waals surface area contributed by atoms with Crippen molar-refractivity contribution in [1.82, 2.24) is 20.2 Å². The first-order valence-electron chi connectivity index (χ1n) is 8.33. The van der Waals surface area contributed by atoms with E-state index in [1.54, 1.807) is 18.3 Å². The fraction of sp³-hybridized carbons (Fsp3) is 0.312. The fourth-order valence-electron chi connectivity index (χ4n) is 2.66. The molecule has 3 heterocycles. The molecule has 1 saturated carbocycles. The molecule has 0 aromatic carbocycles. The number of sulfonamides is 1. The summed E-state index contributed by atoms with van der Waals surface area (Å²) in [5.41, 5.74) is 1.70. The second kappa shape index (κ2) is 7.00. The van der Waals surface area contributed by atoms with Crippen LogP contribution in [0.2, 0.25) is 0 Å². The van der Waals surface area contributed by atoms with Crippen LogP contribution in [0.5, 0.6) is 0 Å². The van der Waals surface area contributed by atoms with Gasteiger partial charge >= 0.3 is 0 Å². The predicted octanol–water partition coefficient (Wildman–Crippen LogP) is 1.43. The first kappa shape index (κ1) is 18.0. The zero-order chi connectivity index (χ0) is 19.0. The second-order valence-corrected chi connectivity index (χ2v) is 9.25. The van der Waals surface area contributed by atoms with E-state index in [1.165, 1.54) is 18.9 Å². The van der Waals surface area contributed by atoms with Crippen LogP contribution in [0.4, 0.5) is 5.82 Å². The Morgan fingerprint density at radius 1 is 1.37 bits per heavy atom. The monoisotopic (exact) mass is 406 g/mol. The number of anilines is 1. The van der Waals surface area contributed by atoms with E-state index in [-0.39, 0.29) is 10.6 Å². The van der Waals surface area contributed by atoms with Gasteiger partial charge in [0.15, 0.2) is 5.82 Å². The lowest BCUT2D eigenvalue weighted by molar-refractivity contribution is 0.202. The van der Waals surface area contributed by atoms with Gasteiger partial charge in [0, 0.05) is 36.0 Å². The van der Waals surface area contributed by atoms with Crippen LogP contribution in [0.15, 0.2) is 34.7 Å². The zero-order valence-corrected chi connectivity index (χ0v) is 15.8. The molecular formula is C16H18N6O3S2. The van der Waals surface area contributed by atoms with E-state index < -0.39 is 16.3 Å². The smallest absolute Gasteiger partial charge is 0.247 e. The van der Waals surface area contributed by atoms with Crippen LogP contribution in [0, 0.1) is 0 Å². The van der Waals surface area contributed by atoms with Crippen molar-refractivity contribution in [2.45, 2.75) is 35.6 Å². The van der Waals surface area contributed by atoms with Crippen LogP contribution in [0.1, 0.15) is 30.1 Å². The number of rotatable bonds is 7. The van der Waals surface area contributed by atoms with Gasteiger partial charge < -0.3 is 10.4 Å². The Morgan fingerprint density at radius 3 is 2.89 bits per heavy atom. The highest BCUT2D eigenvalue weighted by Gasteiger charge is 2.25. The van der Waals surface area contributed by atoms with Crippen molar-refractivity contribution < 1.29 is 13.5 Å². The molecule has 1 fully saturated rings. The number of aromatic amines is 1. The minimum absolute atomic E-state index is 0.0539. The summed E-state index contributed by atoms with van der Waals surface area (Å²) in [4.78, 5) is 9.16. The molecule has 1 atom stereocenters. The molecular weight excluding hydrogens is 388 g/mol. The Morgan fingerprint density at radius 2 is 2.19 bits per heavy atom. The summed E-state index contributed by atoms with van der Waals surface area (Å²) in [5.74, 6) is 1.53. The Balaban J connectivity index is 1.44. The summed E-state index contributed by atoms with van der Waals surface area (Å²) in [6.07, 6.45) is 3.29. The average molecular weight is 406 g/mol. The molecule has 3 aromatic rings. The van der Waals surface area contributed by atoms with Crippen LogP contribution in [-0.2, 0) is 16.4 Å². The third-order valence-corrected chi connectivity index (χ3v) is 6.65. The minimum atomic E-state index is -3.75. The molecule has 1 unspecified atom stereocenters. The number of nitrogens with zero attached hydrogens (tertiary/aromatic N) is 3. The highest BCUT2D eigenvalue weighted by molar-refractivity contribution is 7.91. The van der Waals surface area contributed by atoms with Gasteiger partial charge in [-0.05, 0) is 31.0 Å². The number of aliphatic hydroxyl groups excluding tert-OH is 1. The molecule has 142 valence electrons. The number of aromatic nitrogens is 4. The van der Waals surface area contributed by atoms with Crippen LogP contribution >= 0.6 is 11.3 Å². The van der Waals surface area contributed by atoms with Crippen LogP contribution in [-0.4, -0.2) is 39.9 Å². The molecule has 0 spiro atoms. The van der Waals surface area contributed by atoms with Gasteiger partial charge in [-0.15, -0.1) is 11.3 Å². The van der Waals surface area contributed by atoms with E-state index in [2.05, 4.69) is 25.5 Å². The van der Waals surface area contributed by atoms with E-state index in [0.717, 1.165) is 17.0 Å².